The predicted molar refractivity (Wildman–Crippen MR) is 159 cm³/mol. The van der Waals surface area contributed by atoms with Crippen LogP contribution in [0.4, 0.5) is 26.0 Å². The van der Waals surface area contributed by atoms with Crippen molar-refractivity contribution in [1.82, 2.24) is 29.5 Å². The molecule has 0 bridgehead atoms. The molecule has 0 radical (unpaired) electrons. The summed E-state index contributed by atoms with van der Waals surface area (Å²) in [4.78, 5) is 26.7. The fourth-order valence-corrected chi connectivity index (χ4v) is 4.84. The van der Waals surface area contributed by atoms with Crippen molar-refractivity contribution >= 4 is 39.6 Å². The maximum Gasteiger partial charge on any atom is 0.284 e. The third-order valence-corrected chi connectivity index (χ3v) is 7.05. The highest BCUT2D eigenvalue weighted by Gasteiger charge is 2.23. The summed E-state index contributed by atoms with van der Waals surface area (Å²) in [6.07, 6.45) is 6.28. The maximum absolute atomic E-state index is 15.3. The lowest BCUT2D eigenvalue weighted by molar-refractivity contribution is -0.114. The third kappa shape index (κ3) is 5.79. The summed E-state index contributed by atoms with van der Waals surface area (Å²) in [5.74, 6) is -2.08. The van der Waals surface area contributed by atoms with Crippen LogP contribution in [0.5, 0.6) is 23.0 Å². The molecule has 2 N–H and O–H groups in total. The van der Waals surface area contributed by atoms with Crippen LogP contribution in [0.2, 0.25) is 0 Å². The molecule has 2 aromatic carbocycles. The topological polar surface area (TPSA) is 128 Å². The van der Waals surface area contributed by atoms with Crippen molar-refractivity contribution in [2.24, 2.45) is 0 Å². The molecule has 3 aromatic heterocycles. The van der Waals surface area contributed by atoms with Crippen LogP contribution < -0.4 is 24.8 Å². The number of fused-ring (bicyclic) bond motifs is 2. The van der Waals surface area contributed by atoms with Crippen molar-refractivity contribution < 1.29 is 31.9 Å². The van der Waals surface area contributed by atoms with Crippen molar-refractivity contribution in [2.75, 3.05) is 38.4 Å². The number of ether oxygens (including phenoxy) is 3. The SMILES string of the molecule is [2H]C([2H])([2H])N1CCCC1C=C(F)C(=O)Nc1cc2c(Nc3cc(F)c(Oc4ccn5ncnc5c4)cc3OC)ncnc2cc1OC. The molecule has 14 heteroatoms. The van der Waals surface area contributed by atoms with Gasteiger partial charge in [-0.2, -0.15) is 5.10 Å². The van der Waals surface area contributed by atoms with Gasteiger partial charge in [0.15, 0.2) is 23.0 Å². The molecular formula is C30H28F2N8O4. The van der Waals surface area contributed by atoms with E-state index in [9.17, 15) is 4.79 Å². The number of anilines is 3. The standard InChI is InChI=1S/C30H28F2N8O4/c1-39-7-4-5-17(39)9-21(32)30(41)38-23-11-19-22(13-26(23)42-2)33-15-35-29(19)37-24-12-20(31)25(14-27(24)43-3)44-18-6-8-40-28(10-18)34-16-36-40/h6,8-17H,4-5,7H2,1-3H3,(H,38,41)(H,33,35,37)/i1D3. The van der Waals surface area contributed by atoms with Gasteiger partial charge >= 0.3 is 0 Å². The van der Waals surface area contributed by atoms with Gasteiger partial charge in [0.2, 0.25) is 0 Å². The number of rotatable bonds is 9. The van der Waals surface area contributed by atoms with E-state index in [0.717, 1.165) is 6.08 Å². The number of benzene rings is 2. The summed E-state index contributed by atoms with van der Waals surface area (Å²) in [7, 11) is 2.78. The molecule has 4 heterocycles. The summed E-state index contributed by atoms with van der Waals surface area (Å²) < 4.78 is 71.6. The van der Waals surface area contributed by atoms with E-state index >= 15 is 8.78 Å². The van der Waals surface area contributed by atoms with E-state index in [4.69, 9.17) is 18.3 Å². The number of nitrogens with zero attached hydrogens (tertiary/aromatic N) is 6. The highest BCUT2D eigenvalue weighted by atomic mass is 19.1. The highest BCUT2D eigenvalue weighted by Crippen LogP contribution is 2.38. The summed E-state index contributed by atoms with van der Waals surface area (Å²) in [6.45, 7) is -2.14. The molecule has 1 saturated heterocycles. The second-order valence-electron chi connectivity index (χ2n) is 9.80. The van der Waals surface area contributed by atoms with Crippen molar-refractivity contribution in [3.63, 3.8) is 0 Å². The molecule has 1 amide bonds. The Kier molecular flexibility index (Phi) is 6.91. The Bertz CT molecular complexity index is 2010. The zero-order valence-electron chi connectivity index (χ0n) is 26.5. The molecule has 0 saturated carbocycles. The van der Waals surface area contributed by atoms with Gasteiger partial charge in [0.25, 0.3) is 5.91 Å². The van der Waals surface area contributed by atoms with Crippen molar-refractivity contribution in [2.45, 2.75) is 18.9 Å². The predicted octanol–water partition coefficient (Wildman–Crippen LogP) is 5.25. The van der Waals surface area contributed by atoms with Gasteiger partial charge in [-0.1, -0.05) is 0 Å². The number of carbonyl (C=O) groups excluding carboxylic acids is 1. The number of carbonyl (C=O) groups is 1. The number of pyridine rings is 1. The quantitative estimate of drug-likeness (QED) is 0.215. The van der Waals surface area contributed by atoms with Crippen molar-refractivity contribution in [3.8, 4) is 23.0 Å². The third-order valence-electron chi connectivity index (χ3n) is 7.05. The molecule has 12 nitrogen and oxygen atoms in total. The molecule has 5 aromatic rings. The number of halogens is 2. The van der Waals surface area contributed by atoms with E-state index in [2.05, 4.69) is 30.7 Å². The number of hydrogen-bond donors (Lipinski definition) is 2. The van der Waals surface area contributed by atoms with Crippen LogP contribution in [-0.2, 0) is 4.79 Å². The first-order valence-electron chi connectivity index (χ1n) is 14.9. The number of amides is 1. The Morgan fingerprint density at radius 3 is 2.73 bits per heavy atom. The fraction of sp³-hybridized carbons (Fsp3) is 0.233. The first-order valence-corrected chi connectivity index (χ1v) is 13.4. The number of likely N-dealkylation sites (tertiary alicyclic amines) is 1. The molecule has 6 rings (SSSR count). The Labute approximate surface area is 254 Å². The van der Waals surface area contributed by atoms with E-state index in [-0.39, 0.29) is 41.0 Å². The van der Waals surface area contributed by atoms with Crippen LogP contribution in [0.1, 0.15) is 17.0 Å². The number of nitrogens with one attached hydrogen (secondary N) is 2. The zero-order valence-corrected chi connectivity index (χ0v) is 23.5. The Morgan fingerprint density at radius 2 is 1.91 bits per heavy atom. The average Bonchev–Trinajstić information content (AvgIpc) is 3.72. The Hall–Kier alpha value is -5.37. The lowest BCUT2D eigenvalue weighted by atomic mass is 10.1. The van der Waals surface area contributed by atoms with E-state index < -0.39 is 30.6 Å². The summed E-state index contributed by atoms with van der Waals surface area (Å²) in [5.41, 5.74) is 1.22. The number of aromatic nitrogens is 5. The van der Waals surface area contributed by atoms with Gasteiger partial charge in [0.05, 0.1) is 31.1 Å². The molecule has 1 aliphatic heterocycles. The molecular weight excluding hydrogens is 574 g/mol. The van der Waals surface area contributed by atoms with Gasteiger partial charge in [-0.3, -0.25) is 9.69 Å². The second-order valence-corrected chi connectivity index (χ2v) is 9.80. The van der Waals surface area contributed by atoms with Gasteiger partial charge in [0.1, 0.15) is 35.7 Å². The normalized spacial score (nSPS) is 16.8. The van der Waals surface area contributed by atoms with Gasteiger partial charge in [0, 0.05) is 46.0 Å². The molecule has 1 atom stereocenters. The van der Waals surface area contributed by atoms with Gasteiger partial charge in [-0.15, -0.1) is 0 Å². The molecule has 1 unspecified atom stereocenters. The Balaban J connectivity index is 1.27. The first-order chi connectivity index (χ1) is 22.5. The molecule has 1 fully saturated rings. The number of likely N-dealkylation sites (N-methyl/N-ethyl adjacent to an activating group) is 1. The minimum atomic E-state index is -2.41. The van der Waals surface area contributed by atoms with E-state index in [1.165, 1.54) is 60.6 Å². The molecule has 44 heavy (non-hydrogen) atoms. The monoisotopic (exact) mass is 605 g/mol. The fourth-order valence-electron chi connectivity index (χ4n) is 4.84. The number of hydrogen-bond acceptors (Lipinski definition) is 10. The van der Waals surface area contributed by atoms with Crippen LogP contribution in [0, 0.1) is 5.82 Å². The smallest absolute Gasteiger partial charge is 0.284 e. The zero-order chi connectivity index (χ0) is 33.3. The minimum absolute atomic E-state index is 0.0945. The minimum Gasteiger partial charge on any atom is -0.494 e. The summed E-state index contributed by atoms with van der Waals surface area (Å²) in [5, 5.41) is 9.92. The molecule has 1 aliphatic rings. The van der Waals surface area contributed by atoms with Crippen LogP contribution in [0.25, 0.3) is 16.6 Å². The van der Waals surface area contributed by atoms with Crippen molar-refractivity contribution in [3.05, 3.63) is 73.0 Å². The van der Waals surface area contributed by atoms with Crippen LogP contribution in [0.3, 0.4) is 0 Å². The highest BCUT2D eigenvalue weighted by molar-refractivity contribution is 6.05. The van der Waals surface area contributed by atoms with Gasteiger partial charge < -0.3 is 24.8 Å². The summed E-state index contributed by atoms with van der Waals surface area (Å²) >= 11 is 0. The first kappa shape index (κ1) is 25.2. The van der Waals surface area contributed by atoms with E-state index in [1.807, 2.05) is 0 Å². The number of methoxy groups -OCH3 is 2. The lowest BCUT2D eigenvalue weighted by Gasteiger charge is -2.17. The largest absolute Gasteiger partial charge is 0.494 e. The van der Waals surface area contributed by atoms with Crippen molar-refractivity contribution in [1.29, 1.82) is 0 Å². The molecule has 0 spiro atoms. The van der Waals surface area contributed by atoms with E-state index in [1.54, 1.807) is 18.3 Å². The molecule has 0 aliphatic carbocycles. The van der Waals surface area contributed by atoms with Gasteiger partial charge in [-0.25, -0.2) is 28.2 Å². The van der Waals surface area contributed by atoms with Gasteiger partial charge in [-0.05, 0) is 44.6 Å². The molecule has 226 valence electrons. The maximum atomic E-state index is 15.3. The van der Waals surface area contributed by atoms with E-state index in [0.29, 0.717) is 35.1 Å². The average molecular weight is 606 g/mol. The van der Waals surface area contributed by atoms with Crippen LogP contribution >= 0.6 is 0 Å². The second kappa shape index (κ2) is 12.1. The Morgan fingerprint density at radius 1 is 1.07 bits per heavy atom. The van der Waals surface area contributed by atoms with Crippen LogP contribution in [-0.4, -0.2) is 69.2 Å². The lowest BCUT2D eigenvalue weighted by Crippen LogP contribution is -2.24. The van der Waals surface area contributed by atoms with Crippen LogP contribution in [0.15, 0.2) is 67.2 Å². The summed E-state index contributed by atoms with van der Waals surface area (Å²) in [6, 6.07) is 8.01.